The molecular formula is C15H19N3O6S. The molecular weight excluding hydrogens is 350 g/mol. The van der Waals surface area contributed by atoms with E-state index in [4.69, 9.17) is 0 Å². The zero-order chi connectivity index (χ0) is 18.9. The molecule has 0 radical (unpaired) electrons. The van der Waals surface area contributed by atoms with Crippen LogP contribution in [0.1, 0.15) is 25.5 Å². The van der Waals surface area contributed by atoms with Crippen LogP contribution in [0, 0.1) is 0 Å². The van der Waals surface area contributed by atoms with E-state index in [1.165, 1.54) is 26.0 Å². The number of rotatable bonds is 4. The number of hydrogen-bond donors (Lipinski definition) is 2. The summed E-state index contributed by atoms with van der Waals surface area (Å²) in [6.45, 7) is 3.02. The number of nitrogens with one attached hydrogen (secondary N) is 1. The van der Waals surface area contributed by atoms with Crippen LogP contribution in [0.3, 0.4) is 0 Å². The second-order valence-corrected chi connectivity index (χ2v) is 7.68. The summed E-state index contributed by atoms with van der Waals surface area (Å²) in [6.07, 6.45) is 0.875. The molecule has 4 amide bonds. The number of benzene rings is 1. The number of carbonyl (C=O) groups is 3. The zero-order valence-corrected chi connectivity index (χ0v) is 14.7. The Kier molecular flexibility index (Phi) is 5.02. The lowest BCUT2D eigenvalue weighted by Gasteiger charge is -2.22. The van der Waals surface area contributed by atoms with Gasteiger partial charge in [0.1, 0.15) is 0 Å². The minimum absolute atomic E-state index is 0.329. The first kappa shape index (κ1) is 18.7. The molecule has 3 unspecified atom stereocenters. The predicted octanol–water partition coefficient (Wildman–Crippen LogP) is 0.996. The van der Waals surface area contributed by atoms with E-state index in [-0.39, 0.29) is 0 Å². The molecule has 10 heteroatoms. The van der Waals surface area contributed by atoms with Gasteiger partial charge in [-0.25, -0.2) is 32.0 Å². The molecule has 1 heterocycles. The molecule has 0 spiro atoms. The fraction of sp³-hybridized carbons (Fsp3) is 0.400. The first-order valence-electron chi connectivity index (χ1n) is 7.46. The molecule has 9 nitrogen and oxygen atoms in total. The average Bonchev–Trinajstić information content (AvgIpc) is 2.74. The highest BCUT2D eigenvalue weighted by Crippen LogP contribution is 2.26. The van der Waals surface area contributed by atoms with Crippen molar-refractivity contribution < 1.29 is 27.9 Å². The molecule has 1 aliphatic heterocycles. The van der Waals surface area contributed by atoms with E-state index in [0.717, 1.165) is 11.2 Å². The van der Waals surface area contributed by atoms with Gasteiger partial charge in [0, 0.05) is 0 Å². The van der Waals surface area contributed by atoms with Crippen LogP contribution in [-0.4, -0.2) is 59.1 Å². The number of carboxylic acids is 1. The molecule has 1 fully saturated rings. The monoisotopic (exact) mass is 369 g/mol. The van der Waals surface area contributed by atoms with Crippen molar-refractivity contribution in [3.8, 4) is 0 Å². The van der Waals surface area contributed by atoms with E-state index in [2.05, 4.69) is 5.32 Å². The molecule has 0 bridgehead atoms. The summed E-state index contributed by atoms with van der Waals surface area (Å²) in [5, 5.41) is 11.6. The Balaban J connectivity index is 2.28. The third-order valence-corrected chi connectivity index (χ3v) is 5.30. The highest BCUT2D eigenvalue weighted by molar-refractivity contribution is 7.88. The first-order chi connectivity index (χ1) is 11.6. The number of urea groups is 2. The van der Waals surface area contributed by atoms with Gasteiger partial charge in [-0.05, 0) is 19.4 Å². The van der Waals surface area contributed by atoms with Gasteiger partial charge in [-0.3, -0.25) is 0 Å². The Morgan fingerprint density at radius 1 is 1.16 bits per heavy atom. The summed E-state index contributed by atoms with van der Waals surface area (Å²) in [7, 11) is -3.85. The summed E-state index contributed by atoms with van der Waals surface area (Å²) in [5.74, 6) is -1.30. The Morgan fingerprint density at radius 2 is 1.72 bits per heavy atom. The summed E-state index contributed by atoms with van der Waals surface area (Å²) < 4.78 is 24.2. The van der Waals surface area contributed by atoms with E-state index in [9.17, 15) is 27.9 Å². The van der Waals surface area contributed by atoms with E-state index >= 15 is 0 Å². The van der Waals surface area contributed by atoms with Crippen molar-refractivity contribution in [1.82, 2.24) is 14.5 Å². The van der Waals surface area contributed by atoms with Crippen LogP contribution in [0.2, 0.25) is 0 Å². The average molecular weight is 369 g/mol. The number of hydrogen-bond acceptors (Lipinski definition) is 5. The van der Waals surface area contributed by atoms with Crippen LogP contribution in [0.5, 0.6) is 0 Å². The SMILES string of the molecule is CC1C(C)N(S(C)(=O)=O)C(=O)N1C(=O)NC(C(=O)O)c1ccccc1. The predicted molar refractivity (Wildman–Crippen MR) is 88.2 cm³/mol. The van der Waals surface area contributed by atoms with Gasteiger partial charge in [-0.15, -0.1) is 0 Å². The molecule has 1 aromatic rings. The van der Waals surface area contributed by atoms with Gasteiger partial charge in [0.15, 0.2) is 6.04 Å². The van der Waals surface area contributed by atoms with E-state index < -0.39 is 46.2 Å². The van der Waals surface area contributed by atoms with E-state index in [0.29, 0.717) is 9.87 Å². The molecule has 3 atom stereocenters. The second kappa shape index (κ2) is 6.71. The van der Waals surface area contributed by atoms with Crippen LogP contribution < -0.4 is 5.32 Å². The van der Waals surface area contributed by atoms with E-state index in [1.807, 2.05) is 0 Å². The topological polar surface area (TPSA) is 124 Å². The maximum Gasteiger partial charge on any atom is 0.342 e. The highest BCUT2D eigenvalue weighted by atomic mass is 32.2. The minimum Gasteiger partial charge on any atom is -0.479 e. The zero-order valence-electron chi connectivity index (χ0n) is 13.9. The summed E-state index contributed by atoms with van der Waals surface area (Å²) in [4.78, 5) is 37.1. The quantitative estimate of drug-likeness (QED) is 0.816. The first-order valence-corrected chi connectivity index (χ1v) is 9.31. The van der Waals surface area contributed by atoms with Crippen molar-refractivity contribution >= 4 is 28.1 Å². The molecule has 136 valence electrons. The van der Waals surface area contributed by atoms with E-state index in [1.54, 1.807) is 18.2 Å². The molecule has 0 saturated carbocycles. The molecule has 2 rings (SSSR count). The maximum atomic E-state index is 12.5. The molecule has 25 heavy (non-hydrogen) atoms. The third-order valence-electron chi connectivity index (χ3n) is 4.09. The number of carbonyl (C=O) groups excluding carboxylic acids is 2. The number of aliphatic carboxylic acids is 1. The molecule has 1 aromatic carbocycles. The Hall–Kier alpha value is -2.62. The second-order valence-electron chi connectivity index (χ2n) is 5.82. The molecule has 2 N–H and O–H groups in total. The number of amides is 4. The Labute approximate surface area is 145 Å². The Morgan fingerprint density at radius 3 is 2.16 bits per heavy atom. The molecule has 0 aliphatic carbocycles. The number of nitrogens with zero attached hydrogens (tertiary/aromatic N) is 2. The van der Waals surface area contributed by atoms with Crippen molar-refractivity contribution in [2.45, 2.75) is 32.0 Å². The van der Waals surface area contributed by atoms with Crippen LogP contribution in [0.4, 0.5) is 9.59 Å². The summed E-state index contributed by atoms with van der Waals surface area (Å²) >= 11 is 0. The molecule has 1 saturated heterocycles. The maximum absolute atomic E-state index is 12.5. The van der Waals surface area contributed by atoms with Crippen molar-refractivity contribution in [2.75, 3.05) is 6.26 Å². The lowest BCUT2D eigenvalue weighted by Crippen LogP contribution is -2.48. The number of sulfonamides is 1. The van der Waals surface area contributed by atoms with Gasteiger partial charge in [0.2, 0.25) is 10.0 Å². The standard InChI is InChI=1S/C15H19N3O6S/c1-9-10(2)18(25(3,23)24)15(22)17(9)14(21)16-12(13(19)20)11-7-5-4-6-8-11/h4-10,12H,1-3H3,(H,16,21)(H,19,20). The molecule has 0 aromatic heterocycles. The van der Waals surface area contributed by atoms with Crippen molar-refractivity contribution in [3.63, 3.8) is 0 Å². The number of imide groups is 1. The van der Waals surface area contributed by atoms with Crippen LogP contribution in [-0.2, 0) is 14.8 Å². The summed E-state index contributed by atoms with van der Waals surface area (Å²) in [5.41, 5.74) is 0.329. The fourth-order valence-electron chi connectivity index (χ4n) is 2.71. The summed E-state index contributed by atoms with van der Waals surface area (Å²) in [6, 6.07) is 3.16. The number of carboxylic acid groups (broad SMARTS) is 1. The van der Waals surface area contributed by atoms with Crippen molar-refractivity contribution in [2.24, 2.45) is 0 Å². The normalized spacial score (nSPS) is 22.0. The van der Waals surface area contributed by atoms with Gasteiger partial charge in [-0.1, -0.05) is 30.3 Å². The lowest BCUT2D eigenvalue weighted by molar-refractivity contribution is -0.139. The van der Waals surface area contributed by atoms with Crippen LogP contribution >= 0.6 is 0 Å². The molecule has 1 aliphatic rings. The largest absolute Gasteiger partial charge is 0.479 e. The van der Waals surface area contributed by atoms with Gasteiger partial charge in [0.25, 0.3) is 0 Å². The van der Waals surface area contributed by atoms with Gasteiger partial charge in [0.05, 0.1) is 18.3 Å². The van der Waals surface area contributed by atoms with Crippen molar-refractivity contribution in [1.29, 1.82) is 0 Å². The third kappa shape index (κ3) is 3.58. The minimum atomic E-state index is -3.85. The van der Waals surface area contributed by atoms with Crippen LogP contribution in [0.25, 0.3) is 0 Å². The fourth-order valence-corrected chi connectivity index (χ4v) is 3.86. The smallest absolute Gasteiger partial charge is 0.342 e. The van der Waals surface area contributed by atoms with Gasteiger partial charge < -0.3 is 10.4 Å². The lowest BCUT2D eigenvalue weighted by atomic mass is 10.1. The van der Waals surface area contributed by atoms with Gasteiger partial charge >= 0.3 is 18.0 Å². The van der Waals surface area contributed by atoms with Crippen LogP contribution in [0.15, 0.2) is 30.3 Å². The van der Waals surface area contributed by atoms with Gasteiger partial charge in [-0.2, -0.15) is 0 Å². The van der Waals surface area contributed by atoms with Crippen molar-refractivity contribution in [3.05, 3.63) is 35.9 Å². The highest BCUT2D eigenvalue weighted by Gasteiger charge is 2.48. The Bertz CT molecular complexity index is 795.